The van der Waals surface area contributed by atoms with Crippen molar-refractivity contribution in [2.45, 2.75) is 13.0 Å². The van der Waals surface area contributed by atoms with Crippen LogP contribution in [-0.2, 0) is 11.3 Å². The summed E-state index contributed by atoms with van der Waals surface area (Å²) in [7, 11) is 1.52. The fourth-order valence-corrected chi connectivity index (χ4v) is 3.41. The molecule has 0 fully saturated rings. The second-order valence-corrected chi connectivity index (χ2v) is 6.76. The summed E-state index contributed by atoms with van der Waals surface area (Å²) in [6, 6.07) is 9.05. The van der Waals surface area contributed by atoms with E-state index in [4.69, 9.17) is 16.3 Å². The molecule has 0 unspecified atom stereocenters. The second kappa shape index (κ2) is 7.56. The molecule has 0 radical (unpaired) electrons. The first-order valence-electron chi connectivity index (χ1n) is 8.76. The Kier molecular flexibility index (Phi) is 4.94. The first-order chi connectivity index (χ1) is 14.0. The standard InChI is InChI=1S/C20H16ClFN4O3/c1-29-13-3-5-17(23-11-13)24-18(27)7-9-26-16-10-12(22)2-4-15(16)25-8-6-14(21)19(25)20(26)28/h2-6,8,10-11H,7,9H2,1H3,(H,23,24,27). The van der Waals surface area contributed by atoms with Crippen LogP contribution >= 0.6 is 11.6 Å². The Bertz CT molecular complexity index is 1280. The summed E-state index contributed by atoms with van der Waals surface area (Å²) in [5, 5.41) is 2.95. The zero-order chi connectivity index (χ0) is 20.5. The first kappa shape index (κ1) is 18.9. The van der Waals surface area contributed by atoms with Crippen molar-refractivity contribution in [2.24, 2.45) is 0 Å². The fourth-order valence-electron chi connectivity index (χ4n) is 3.18. The molecule has 29 heavy (non-hydrogen) atoms. The Morgan fingerprint density at radius 2 is 2.07 bits per heavy atom. The number of fused-ring (bicyclic) bond motifs is 3. The molecule has 0 bridgehead atoms. The van der Waals surface area contributed by atoms with E-state index >= 15 is 0 Å². The number of benzene rings is 1. The lowest BCUT2D eigenvalue weighted by Gasteiger charge is -2.13. The molecule has 9 heteroatoms. The number of hydrogen-bond acceptors (Lipinski definition) is 4. The van der Waals surface area contributed by atoms with Gasteiger partial charge < -0.3 is 19.0 Å². The molecule has 1 amide bonds. The number of rotatable bonds is 5. The minimum Gasteiger partial charge on any atom is -0.495 e. The molecule has 4 rings (SSSR count). The molecule has 0 saturated heterocycles. The minimum absolute atomic E-state index is 0.00622. The van der Waals surface area contributed by atoms with Gasteiger partial charge in [-0.05, 0) is 36.4 Å². The van der Waals surface area contributed by atoms with Crippen molar-refractivity contribution in [3.63, 3.8) is 0 Å². The van der Waals surface area contributed by atoms with E-state index in [0.29, 0.717) is 27.6 Å². The summed E-state index contributed by atoms with van der Waals surface area (Å²) in [4.78, 5) is 29.4. The fraction of sp³-hybridized carbons (Fsp3) is 0.150. The number of methoxy groups -OCH3 is 1. The number of carbonyl (C=O) groups excluding carboxylic acids is 1. The number of nitrogens with zero attached hydrogens (tertiary/aromatic N) is 3. The number of halogens is 2. The Morgan fingerprint density at radius 3 is 2.79 bits per heavy atom. The van der Waals surface area contributed by atoms with Gasteiger partial charge in [0, 0.05) is 19.2 Å². The van der Waals surface area contributed by atoms with E-state index in [9.17, 15) is 14.0 Å². The summed E-state index contributed by atoms with van der Waals surface area (Å²) < 4.78 is 21.9. The number of aromatic nitrogens is 3. The molecule has 1 N–H and O–H groups in total. The van der Waals surface area contributed by atoms with Crippen molar-refractivity contribution in [3.05, 3.63) is 70.0 Å². The van der Waals surface area contributed by atoms with Gasteiger partial charge in [-0.1, -0.05) is 11.6 Å². The second-order valence-electron chi connectivity index (χ2n) is 6.35. The van der Waals surface area contributed by atoms with Crippen LogP contribution in [0.1, 0.15) is 6.42 Å². The van der Waals surface area contributed by atoms with Gasteiger partial charge >= 0.3 is 0 Å². The molecule has 0 spiro atoms. The van der Waals surface area contributed by atoms with Crippen LogP contribution in [0.25, 0.3) is 16.6 Å². The third-order valence-electron chi connectivity index (χ3n) is 4.57. The van der Waals surface area contributed by atoms with Gasteiger partial charge in [-0.25, -0.2) is 9.37 Å². The van der Waals surface area contributed by atoms with Gasteiger partial charge in [-0.3, -0.25) is 9.59 Å². The number of ether oxygens (including phenoxy) is 1. The highest BCUT2D eigenvalue weighted by Crippen LogP contribution is 2.22. The molecule has 3 aromatic heterocycles. The van der Waals surface area contributed by atoms with Gasteiger partial charge in [0.25, 0.3) is 5.56 Å². The third-order valence-corrected chi connectivity index (χ3v) is 4.88. The smallest absolute Gasteiger partial charge is 0.276 e. The lowest BCUT2D eigenvalue weighted by molar-refractivity contribution is -0.116. The number of nitrogens with one attached hydrogen (secondary N) is 1. The highest BCUT2D eigenvalue weighted by atomic mass is 35.5. The molecule has 1 aromatic carbocycles. The van der Waals surface area contributed by atoms with E-state index in [1.54, 1.807) is 34.9 Å². The monoisotopic (exact) mass is 414 g/mol. The van der Waals surface area contributed by atoms with Crippen LogP contribution in [0.15, 0.2) is 53.6 Å². The zero-order valence-electron chi connectivity index (χ0n) is 15.4. The molecular weight excluding hydrogens is 399 g/mol. The molecule has 0 atom stereocenters. The van der Waals surface area contributed by atoms with Crippen LogP contribution < -0.4 is 15.6 Å². The highest BCUT2D eigenvalue weighted by Gasteiger charge is 2.15. The zero-order valence-corrected chi connectivity index (χ0v) is 16.1. The SMILES string of the molecule is COc1ccc(NC(=O)CCn2c(=O)c3c(Cl)ccn3c3ccc(F)cc32)nc1. The molecule has 0 saturated carbocycles. The van der Waals surface area contributed by atoms with E-state index in [2.05, 4.69) is 10.3 Å². The van der Waals surface area contributed by atoms with Crippen LogP contribution in [0.4, 0.5) is 10.2 Å². The van der Waals surface area contributed by atoms with E-state index < -0.39 is 11.4 Å². The Morgan fingerprint density at radius 1 is 1.24 bits per heavy atom. The van der Waals surface area contributed by atoms with Crippen LogP contribution in [0.3, 0.4) is 0 Å². The summed E-state index contributed by atoms with van der Waals surface area (Å²) in [6.07, 6.45) is 3.14. The maximum Gasteiger partial charge on any atom is 0.276 e. The maximum atomic E-state index is 13.9. The quantitative estimate of drug-likeness (QED) is 0.542. The number of carbonyl (C=O) groups is 1. The summed E-state index contributed by atoms with van der Waals surface area (Å²) in [6.45, 7) is 0.0543. The van der Waals surface area contributed by atoms with Crippen LogP contribution in [-0.4, -0.2) is 27.0 Å². The molecular formula is C20H16ClFN4O3. The van der Waals surface area contributed by atoms with Gasteiger partial charge in [0.05, 0.1) is 29.4 Å². The van der Waals surface area contributed by atoms with Gasteiger partial charge in [0.1, 0.15) is 22.9 Å². The van der Waals surface area contributed by atoms with Crippen molar-refractivity contribution < 1.29 is 13.9 Å². The van der Waals surface area contributed by atoms with E-state index in [0.717, 1.165) is 0 Å². The van der Waals surface area contributed by atoms with Crippen molar-refractivity contribution in [3.8, 4) is 5.75 Å². The Balaban J connectivity index is 1.65. The molecule has 7 nitrogen and oxygen atoms in total. The topological polar surface area (TPSA) is 77.6 Å². The van der Waals surface area contributed by atoms with E-state index in [1.165, 1.54) is 30.0 Å². The maximum absolute atomic E-state index is 13.9. The highest BCUT2D eigenvalue weighted by molar-refractivity contribution is 6.34. The molecule has 3 heterocycles. The molecule has 0 aliphatic heterocycles. The van der Waals surface area contributed by atoms with Gasteiger partial charge in [-0.15, -0.1) is 0 Å². The third kappa shape index (κ3) is 3.54. The Hall–Kier alpha value is -3.39. The Labute approximate surface area is 169 Å². The average Bonchev–Trinajstić information content (AvgIpc) is 3.10. The number of pyridine rings is 1. The summed E-state index contributed by atoms with van der Waals surface area (Å²) >= 11 is 6.17. The molecule has 0 aliphatic carbocycles. The van der Waals surface area contributed by atoms with E-state index in [-0.39, 0.29) is 24.4 Å². The number of hydrogen-bond donors (Lipinski definition) is 1. The molecule has 148 valence electrons. The summed E-state index contributed by atoms with van der Waals surface area (Å²) in [5.41, 5.74) is 0.881. The van der Waals surface area contributed by atoms with Crippen molar-refractivity contribution >= 4 is 39.9 Å². The lowest BCUT2D eigenvalue weighted by Crippen LogP contribution is -2.25. The first-order valence-corrected chi connectivity index (χ1v) is 9.14. The van der Waals surface area contributed by atoms with Crippen LogP contribution in [0.5, 0.6) is 5.75 Å². The number of amides is 1. The van der Waals surface area contributed by atoms with Gasteiger partial charge in [-0.2, -0.15) is 0 Å². The van der Waals surface area contributed by atoms with Crippen LogP contribution in [0, 0.1) is 5.82 Å². The minimum atomic E-state index is -0.477. The predicted octanol–water partition coefficient (Wildman–Crippen LogP) is 3.48. The largest absolute Gasteiger partial charge is 0.495 e. The van der Waals surface area contributed by atoms with Gasteiger partial charge in [0.2, 0.25) is 5.91 Å². The van der Waals surface area contributed by atoms with Crippen molar-refractivity contribution in [1.29, 1.82) is 0 Å². The van der Waals surface area contributed by atoms with Crippen LogP contribution in [0.2, 0.25) is 5.02 Å². The van der Waals surface area contributed by atoms with E-state index in [1.807, 2.05) is 0 Å². The predicted molar refractivity (Wildman–Crippen MR) is 108 cm³/mol. The normalized spacial score (nSPS) is 11.1. The van der Waals surface area contributed by atoms with Crippen molar-refractivity contribution in [2.75, 3.05) is 12.4 Å². The number of anilines is 1. The number of aryl methyl sites for hydroxylation is 1. The molecule has 4 aromatic rings. The van der Waals surface area contributed by atoms with Gasteiger partial charge in [0.15, 0.2) is 0 Å². The molecule has 0 aliphatic rings. The van der Waals surface area contributed by atoms with Crippen molar-refractivity contribution in [1.82, 2.24) is 14.0 Å². The summed E-state index contributed by atoms with van der Waals surface area (Å²) in [5.74, 6) is 0.125. The lowest BCUT2D eigenvalue weighted by atomic mass is 10.2. The average molecular weight is 415 g/mol.